The van der Waals surface area contributed by atoms with Gasteiger partial charge in [-0.05, 0) is 75.2 Å². The molecule has 2 aliphatic carbocycles. The van der Waals surface area contributed by atoms with Crippen LogP contribution in [0.15, 0.2) is 36.9 Å². The van der Waals surface area contributed by atoms with E-state index in [1.165, 1.54) is 23.6 Å². The number of carbonyl (C=O) groups excluding carboxylic acids is 2. The number of carbonyl (C=O) groups is 2. The Kier molecular flexibility index (Phi) is 8.54. The Morgan fingerprint density at radius 2 is 2.02 bits per heavy atom. The molecule has 2 N–H and O–H groups in total. The van der Waals surface area contributed by atoms with Crippen molar-refractivity contribution in [2.45, 2.75) is 88.4 Å². The largest absolute Gasteiger partial charge is 0.348 e. The highest BCUT2D eigenvalue weighted by molar-refractivity contribution is 5.92. The average molecular weight is 575 g/mol. The van der Waals surface area contributed by atoms with Gasteiger partial charge in [-0.1, -0.05) is 37.8 Å². The highest BCUT2D eigenvalue weighted by Gasteiger charge is 2.57. The van der Waals surface area contributed by atoms with Crippen molar-refractivity contribution < 1.29 is 14.3 Å². The molecule has 1 aromatic carbocycles. The summed E-state index contributed by atoms with van der Waals surface area (Å²) in [6, 6.07) is 10.8. The van der Waals surface area contributed by atoms with Gasteiger partial charge in [0.1, 0.15) is 0 Å². The molecule has 42 heavy (non-hydrogen) atoms. The lowest BCUT2D eigenvalue weighted by molar-refractivity contribution is -0.155. The number of likely N-dealkylation sites (tertiary alicyclic amines) is 1. The van der Waals surface area contributed by atoms with E-state index in [-0.39, 0.29) is 47.8 Å². The Labute approximate surface area is 250 Å². The second-order valence-corrected chi connectivity index (χ2v) is 13.1. The number of nitriles is 1. The number of hydrogen-bond acceptors (Lipinski definition) is 8. The lowest BCUT2D eigenvalue weighted by Gasteiger charge is -2.56. The van der Waals surface area contributed by atoms with Crippen molar-refractivity contribution in [2.75, 3.05) is 39.8 Å². The second kappa shape index (κ2) is 12.2. The van der Waals surface area contributed by atoms with Crippen molar-refractivity contribution in [3.8, 4) is 6.07 Å². The Morgan fingerprint density at radius 3 is 2.79 bits per heavy atom. The van der Waals surface area contributed by atoms with Crippen molar-refractivity contribution in [3.05, 3.63) is 48.0 Å². The molecule has 9 heteroatoms. The zero-order chi connectivity index (χ0) is 29.4. The molecule has 6 rings (SSSR count). The van der Waals surface area contributed by atoms with E-state index in [1.54, 1.807) is 4.90 Å². The first-order chi connectivity index (χ1) is 20.4. The van der Waals surface area contributed by atoms with Crippen LogP contribution in [0.5, 0.6) is 0 Å². The molecule has 8 atom stereocenters. The van der Waals surface area contributed by atoms with Gasteiger partial charge in [-0.3, -0.25) is 25.1 Å². The lowest BCUT2D eigenvalue weighted by atomic mass is 9.54. The van der Waals surface area contributed by atoms with Gasteiger partial charge < -0.3 is 14.5 Å². The lowest BCUT2D eigenvalue weighted by Crippen LogP contribution is -2.75. The summed E-state index contributed by atoms with van der Waals surface area (Å²) in [7, 11) is 2.15. The molecule has 5 aliphatic rings. The fourth-order valence-electron chi connectivity index (χ4n) is 8.67. The van der Waals surface area contributed by atoms with Crippen molar-refractivity contribution in [1.82, 2.24) is 25.3 Å². The van der Waals surface area contributed by atoms with E-state index in [9.17, 15) is 14.9 Å². The van der Waals surface area contributed by atoms with Gasteiger partial charge in [-0.15, -0.1) is 0 Å². The van der Waals surface area contributed by atoms with Crippen LogP contribution >= 0.6 is 0 Å². The maximum atomic E-state index is 14.7. The SMILES string of the molecule is C=CC(=O)N1CCN(C2NC(OCC3CCCN3C)NC3C(=O)C4(CCc5ccccc5C4C)CCC32)CC1CC#N. The van der Waals surface area contributed by atoms with Crippen LogP contribution in [-0.4, -0.2) is 96.9 Å². The molecular formula is C33H46N6O3. The first kappa shape index (κ1) is 29.5. The molecule has 1 aromatic rings. The van der Waals surface area contributed by atoms with Crippen LogP contribution in [0.3, 0.4) is 0 Å². The van der Waals surface area contributed by atoms with Gasteiger partial charge in [-0.25, -0.2) is 0 Å². The van der Waals surface area contributed by atoms with Gasteiger partial charge in [0.15, 0.2) is 12.1 Å². The van der Waals surface area contributed by atoms with Gasteiger partial charge in [0, 0.05) is 37.0 Å². The first-order valence-electron chi connectivity index (χ1n) is 15.9. The summed E-state index contributed by atoms with van der Waals surface area (Å²) in [6.07, 6.45) is 7.00. The van der Waals surface area contributed by atoms with Crippen LogP contribution in [0.4, 0.5) is 0 Å². The summed E-state index contributed by atoms with van der Waals surface area (Å²) in [5, 5.41) is 16.9. The standard InChI is InChI=1S/C33H46N6O3/c1-4-28(40)39-19-18-38(20-24(39)13-16-34)31-27-12-15-33(14-11-23-8-5-6-10-26(23)22(33)2)30(41)29(27)35-32(36-31)42-21-25-9-7-17-37(25)3/h4-6,8,10,22,24-25,27,29,31-32,35-36H,1,7,9,11-15,17-21H2,2-3H3. The zero-order valence-electron chi connectivity index (χ0n) is 25.1. The third-order valence-electron chi connectivity index (χ3n) is 11.2. The molecule has 226 valence electrons. The minimum Gasteiger partial charge on any atom is -0.348 e. The number of piperazine rings is 1. The number of nitrogens with zero attached hydrogens (tertiary/aromatic N) is 4. The van der Waals surface area contributed by atoms with E-state index in [0.29, 0.717) is 38.1 Å². The molecule has 3 aliphatic heterocycles. The van der Waals surface area contributed by atoms with Crippen LogP contribution < -0.4 is 10.6 Å². The molecule has 4 fully saturated rings. The molecule has 9 nitrogen and oxygen atoms in total. The number of nitrogens with one attached hydrogen (secondary N) is 2. The normalized spacial score (nSPS) is 37.2. The molecule has 3 heterocycles. The highest BCUT2D eigenvalue weighted by atomic mass is 16.5. The summed E-state index contributed by atoms with van der Waals surface area (Å²) >= 11 is 0. The zero-order valence-corrected chi connectivity index (χ0v) is 25.1. The Balaban J connectivity index is 1.26. The number of ether oxygens (including phenoxy) is 1. The van der Waals surface area contributed by atoms with E-state index >= 15 is 0 Å². The summed E-state index contributed by atoms with van der Waals surface area (Å²) in [5.41, 5.74) is 2.32. The quantitative estimate of drug-likeness (QED) is 0.501. The molecule has 1 spiro atoms. The van der Waals surface area contributed by atoms with Gasteiger partial charge in [-0.2, -0.15) is 5.26 Å². The third-order valence-corrected chi connectivity index (χ3v) is 11.2. The minimum absolute atomic E-state index is 0.0749. The number of Topliss-reactive ketones (excluding diaryl/α,β-unsaturated/α-hetero) is 1. The van der Waals surface area contributed by atoms with Gasteiger partial charge in [0.2, 0.25) is 5.91 Å². The molecule has 0 radical (unpaired) electrons. The minimum atomic E-state index is -0.446. The first-order valence-corrected chi connectivity index (χ1v) is 15.9. The second-order valence-electron chi connectivity index (χ2n) is 13.1. The molecule has 1 amide bonds. The third kappa shape index (κ3) is 5.22. The monoisotopic (exact) mass is 574 g/mol. The fourth-order valence-corrected chi connectivity index (χ4v) is 8.67. The summed E-state index contributed by atoms with van der Waals surface area (Å²) in [5.74, 6) is 0.444. The van der Waals surface area contributed by atoms with Crippen LogP contribution in [0, 0.1) is 22.7 Å². The Hall–Kier alpha value is -2.61. The molecular weight excluding hydrogens is 528 g/mol. The molecule has 0 aromatic heterocycles. The summed E-state index contributed by atoms with van der Waals surface area (Å²) in [6.45, 7) is 9.39. The number of likely N-dealkylation sites (N-methyl/N-ethyl adjacent to an activating group) is 1. The average Bonchev–Trinajstić information content (AvgIpc) is 3.43. The predicted octanol–water partition coefficient (Wildman–Crippen LogP) is 2.60. The number of rotatable bonds is 6. The maximum Gasteiger partial charge on any atom is 0.246 e. The van der Waals surface area contributed by atoms with Crippen molar-refractivity contribution in [2.24, 2.45) is 11.3 Å². The van der Waals surface area contributed by atoms with E-state index in [4.69, 9.17) is 4.74 Å². The van der Waals surface area contributed by atoms with Gasteiger partial charge >= 0.3 is 0 Å². The molecule has 8 unspecified atom stereocenters. The summed E-state index contributed by atoms with van der Waals surface area (Å²) in [4.78, 5) is 33.8. The van der Waals surface area contributed by atoms with E-state index in [1.807, 2.05) is 0 Å². The Bertz CT molecular complexity index is 1230. The van der Waals surface area contributed by atoms with E-state index < -0.39 is 6.35 Å². The van der Waals surface area contributed by atoms with Crippen LogP contribution in [0.2, 0.25) is 0 Å². The number of hydrogen-bond donors (Lipinski definition) is 2. The van der Waals surface area contributed by atoms with Crippen LogP contribution in [0.1, 0.15) is 62.5 Å². The van der Waals surface area contributed by atoms with Gasteiger partial charge in [0.25, 0.3) is 0 Å². The number of benzene rings is 1. The smallest absolute Gasteiger partial charge is 0.246 e. The van der Waals surface area contributed by atoms with E-state index in [0.717, 1.165) is 38.6 Å². The number of aryl methyl sites for hydroxylation is 1. The summed E-state index contributed by atoms with van der Waals surface area (Å²) < 4.78 is 6.49. The van der Waals surface area contributed by atoms with Crippen molar-refractivity contribution in [3.63, 3.8) is 0 Å². The molecule has 3 saturated heterocycles. The van der Waals surface area contributed by atoms with Crippen LogP contribution in [-0.2, 0) is 20.7 Å². The maximum absolute atomic E-state index is 14.7. The number of ketones is 1. The highest BCUT2D eigenvalue weighted by Crippen LogP contribution is 2.53. The van der Waals surface area contributed by atoms with Crippen molar-refractivity contribution in [1.29, 1.82) is 5.26 Å². The molecule has 0 bridgehead atoms. The van der Waals surface area contributed by atoms with Crippen LogP contribution in [0.25, 0.3) is 0 Å². The Morgan fingerprint density at radius 1 is 1.19 bits per heavy atom. The topological polar surface area (TPSA) is 101 Å². The number of amides is 1. The number of fused-ring (bicyclic) bond motifs is 2. The fraction of sp³-hybridized carbons (Fsp3) is 0.667. The van der Waals surface area contributed by atoms with E-state index in [2.05, 4.69) is 71.3 Å². The predicted molar refractivity (Wildman–Crippen MR) is 160 cm³/mol. The van der Waals surface area contributed by atoms with Gasteiger partial charge in [0.05, 0.1) is 37.3 Å². The van der Waals surface area contributed by atoms with Crippen molar-refractivity contribution >= 4 is 11.7 Å². The molecule has 1 saturated carbocycles.